The van der Waals surface area contributed by atoms with E-state index in [0.29, 0.717) is 6.54 Å². The van der Waals surface area contributed by atoms with Gasteiger partial charge in [0.25, 0.3) is 5.91 Å². The molecule has 4 heteroatoms. The van der Waals surface area contributed by atoms with Gasteiger partial charge in [0, 0.05) is 12.5 Å². The molecule has 0 bridgehead atoms. The van der Waals surface area contributed by atoms with Gasteiger partial charge in [-0.15, -0.1) is 0 Å². The second-order valence-corrected chi connectivity index (χ2v) is 6.01. The minimum atomic E-state index is -0.592. The number of aryl methyl sites for hydroxylation is 2. The lowest BCUT2D eigenvalue weighted by atomic mass is 9.99. The molecule has 1 heterocycles. The first-order chi connectivity index (χ1) is 11.0. The standard InChI is InChI=1S/C19H20N2O2/c1-12-9-10-13(2)18-16(12)17(20-14(3)22)19(23)21(18)11-15-7-5-4-6-8-15/h4-10,17H,11H2,1-3H3,(H,20,22)/t17-/m1/s1. The number of rotatable bonds is 3. The average Bonchev–Trinajstić information content (AvgIpc) is 2.78. The summed E-state index contributed by atoms with van der Waals surface area (Å²) in [7, 11) is 0. The molecule has 0 spiro atoms. The second kappa shape index (κ2) is 5.88. The summed E-state index contributed by atoms with van der Waals surface area (Å²) in [5.74, 6) is -0.270. The Bertz CT molecular complexity index is 768. The molecule has 0 aliphatic carbocycles. The molecule has 1 aliphatic rings. The molecule has 0 saturated carbocycles. The van der Waals surface area contributed by atoms with Crippen LogP contribution in [-0.4, -0.2) is 11.8 Å². The lowest BCUT2D eigenvalue weighted by molar-refractivity contribution is -0.126. The van der Waals surface area contributed by atoms with E-state index < -0.39 is 6.04 Å². The van der Waals surface area contributed by atoms with E-state index in [1.807, 2.05) is 56.3 Å². The number of hydrogen-bond acceptors (Lipinski definition) is 2. The molecule has 2 amide bonds. The summed E-state index contributed by atoms with van der Waals surface area (Å²) < 4.78 is 0. The Morgan fingerprint density at radius 1 is 1.09 bits per heavy atom. The molecule has 1 aliphatic heterocycles. The Morgan fingerprint density at radius 2 is 1.74 bits per heavy atom. The summed E-state index contributed by atoms with van der Waals surface area (Å²) in [6, 6.07) is 13.3. The maximum absolute atomic E-state index is 12.9. The predicted octanol–water partition coefficient (Wildman–Crippen LogP) is 3.03. The van der Waals surface area contributed by atoms with E-state index in [-0.39, 0.29) is 11.8 Å². The Balaban J connectivity index is 2.07. The van der Waals surface area contributed by atoms with Crippen LogP contribution in [-0.2, 0) is 16.1 Å². The van der Waals surface area contributed by atoms with Crippen molar-refractivity contribution in [1.82, 2.24) is 5.32 Å². The number of hydrogen-bond donors (Lipinski definition) is 1. The number of carbonyl (C=O) groups excluding carboxylic acids is 2. The third-order valence-corrected chi connectivity index (χ3v) is 4.24. The second-order valence-electron chi connectivity index (χ2n) is 6.01. The fourth-order valence-corrected chi connectivity index (χ4v) is 3.19. The highest BCUT2D eigenvalue weighted by molar-refractivity contribution is 6.07. The fraction of sp³-hybridized carbons (Fsp3) is 0.263. The zero-order chi connectivity index (χ0) is 16.6. The lowest BCUT2D eigenvalue weighted by Gasteiger charge is -2.20. The monoisotopic (exact) mass is 308 g/mol. The smallest absolute Gasteiger partial charge is 0.254 e. The molecule has 3 rings (SSSR count). The fourth-order valence-electron chi connectivity index (χ4n) is 3.19. The minimum absolute atomic E-state index is 0.0727. The van der Waals surface area contributed by atoms with Crippen LogP contribution in [0.4, 0.5) is 5.69 Å². The number of anilines is 1. The van der Waals surface area contributed by atoms with Crippen molar-refractivity contribution in [1.29, 1.82) is 0 Å². The zero-order valence-electron chi connectivity index (χ0n) is 13.6. The molecule has 23 heavy (non-hydrogen) atoms. The van der Waals surface area contributed by atoms with Crippen LogP contribution in [0.2, 0.25) is 0 Å². The van der Waals surface area contributed by atoms with Gasteiger partial charge >= 0.3 is 0 Å². The quantitative estimate of drug-likeness (QED) is 0.947. The summed E-state index contributed by atoms with van der Waals surface area (Å²) in [6.45, 7) is 5.93. The third-order valence-electron chi connectivity index (χ3n) is 4.24. The van der Waals surface area contributed by atoms with Crippen LogP contribution in [0.1, 0.15) is 35.2 Å². The molecule has 0 saturated heterocycles. The van der Waals surface area contributed by atoms with Gasteiger partial charge in [0.05, 0.1) is 12.2 Å². The van der Waals surface area contributed by atoms with Crippen LogP contribution < -0.4 is 10.2 Å². The van der Waals surface area contributed by atoms with E-state index in [9.17, 15) is 9.59 Å². The number of amides is 2. The van der Waals surface area contributed by atoms with E-state index in [0.717, 1.165) is 27.9 Å². The van der Waals surface area contributed by atoms with Gasteiger partial charge in [0.15, 0.2) is 0 Å². The van der Waals surface area contributed by atoms with Gasteiger partial charge in [0.2, 0.25) is 5.91 Å². The average molecular weight is 308 g/mol. The Labute approximate surface area is 136 Å². The lowest BCUT2D eigenvalue weighted by Crippen LogP contribution is -2.36. The molecule has 1 atom stereocenters. The van der Waals surface area contributed by atoms with Crippen LogP contribution in [0.15, 0.2) is 42.5 Å². The topological polar surface area (TPSA) is 49.4 Å². The first kappa shape index (κ1) is 15.3. The SMILES string of the molecule is CC(=O)N[C@H]1C(=O)N(Cc2ccccc2)c2c(C)ccc(C)c21. The first-order valence-electron chi connectivity index (χ1n) is 7.71. The maximum atomic E-state index is 12.9. The summed E-state index contributed by atoms with van der Waals surface area (Å²) in [5, 5.41) is 2.80. The van der Waals surface area contributed by atoms with Gasteiger partial charge in [-0.05, 0) is 30.5 Å². The van der Waals surface area contributed by atoms with E-state index >= 15 is 0 Å². The van der Waals surface area contributed by atoms with E-state index in [2.05, 4.69) is 5.32 Å². The number of carbonyl (C=O) groups is 2. The summed E-state index contributed by atoms with van der Waals surface area (Å²) in [4.78, 5) is 26.2. The maximum Gasteiger partial charge on any atom is 0.254 e. The minimum Gasteiger partial charge on any atom is -0.341 e. The van der Waals surface area contributed by atoms with Crippen LogP contribution in [0, 0.1) is 13.8 Å². The summed E-state index contributed by atoms with van der Waals surface area (Å²) in [5.41, 5.74) is 4.98. The van der Waals surface area contributed by atoms with E-state index in [1.165, 1.54) is 6.92 Å². The van der Waals surface area contributed by atoms with Crippen molar-refractivity contribution in [3.05, 3.63) is 64.7 Å². The summed E-state index contributed by atoms with van der Waals surface area (Å²) in [6.07, 6.45) is 0. The molecule has 118 valence electrons. The molecule has 1 N–H and O–H groups in total. The van der Waals surface area contributed by atoms with Crippen molar-refractivity contribution in [3.8, 4) is 0 Å². The van der Waals surface area contributed by atoms with Crippen LogP contribution >= 0.6 is 0 Å². The number of benzene rings is 2. The van der Waals surface area contributed by atoms with Crippen molar-refractivity contribution in [3.63, 3.8) is 0 Å². The molecule has 0 unspecified atom stereocenters. The molecule has 0 fully saturated rings. The largest absolute Gasteiger partial charge is 0.341 e. The third kappa shape index (κ3) is 2.72. The van der Waals surface area contributed by atoms with E-state index in [4.69, 9.17) is 0 Å². The van der Waals surface area contributed by atoms with Crippen molar-refractivity contribution < 1.29 is 9.59 Å². The van der Waals surface area contributed by atoms with Crippen LogP contribution in [0.3, 0.4) is 0 Å². The molecule has 2 aromatic carbocycles. The van der Waals surface area contributed by atoms with Crippen molar-refractivity contribution in [2.45, 2.75) is 33.4 Å². The van der Waals surface area contributed by atoms with Crippen LogP contribution in [0.25, 0.3) is 0 Å². The number of fused-ring (bicyclic) bond motifs is 1. The van der Waals surface area contributed by atoms with Crippen molar-refractivity contribution in [2.75, 3.05) is 4.90 Å². The van der Waals surface area contributed by atoms with Gasteiger partial charge in [-0.25, -0.2) is 0 Å². The van der Waals surface area contributed by atoms with Crippen LogP contribution in [0.5, 0.6) is 0 Å². The van der Waals surface area contributed by atoms with E-state index in [1.54, 1.807) is 4.90 Å². The predicted molar refractivity (Wildman–Crippen MR) is 90.1 cm³/mol. The van der Waals surface area contributed by atoms with Crippen molar-refractivity contribution >= 4 is 17.5 Å². The highest BCUT2D eigenvalue weighted by Gasteiger charge is 2.39. The summed E-state index contributed by atoms with van der Waals surface area (Å²) >= 11 is 0. The Kier molecular flexibility index (Phi) is 3.90. The molecular formula is C19H20N2O2. The van der Waals surface area contributed by atoms with Gasteiger partial charge in [-0.2, -0.15) is 0 Å². The molecule has 2 aromatic rings. The molecule has 0 radical (unpaired) electrons. The molecule has 0 aromatic heterocycles. The molecule has 4 nitrogen and oxygen atoms in total. The van der Waals surface area contributed by atoms with Gasteiger partial charge in [-0.1, -0.05) is 42.5 Å². The van der Waals surface area contributed by atoms with Crippen molar-refractivity contribution in [2.24, 2.45) is 0 Å². The normalized spacial score (nSPS) is 16.4. The molecular weight excluding hydrogens is 288 g/mol. The number of nitrogens with one attached hydrogen (secondary N) is 1. The van der Waals surface area contributed by atoms with Gasteiger partial charge in [-0.3, -0.25) is 9.59 Å². The first-order valence-corrected chi connectivity index (χ1v) is 7.71. The van der Waals surface area contributed by atoms with Gasteiger partial charge < -0.3 is 10.2 Å². The number of nitrogens with zero attached hydrogens (tertiary/aromatic N) is 1. The van der Waals surface area contributed by atoms with Gasteiger partial charge in [0.1, 0.15) is 6.04 Å². The highest BCUT2D eigenvalue weighted by Crippen LogP contribution is 2.41. The highest BCUT2D eigenvalue weighted by atomic mass is 16.2. The Morgan fingerprint density at radius 3 is 2.39 bits per heavy atom. The zero-order valence-corrected chi connectivity index (χ0v) is 13.6. The Hall–Kier alpha value is -2.62.